The number of hydrogen-bond acceptors (Lipinski definition) is 5. The Morgan fingerprint density at radius 3 is 2.74 bits per heavy atom. The van der Waals surface area contributed by atoms with E-state index >= 15 is 0 Å². The Morgan fingerprint density at radius 1 is 1.37 bits per heavy atom. The molecule has 1 heterocycles. The molecule has 19 heavy (non-hydrogen) atoms. The number of nitrogens with one attached hydrogen (secondary N) is 2. The number of aromatic nitrogens is 2. The standard InChI is InChI=1S/C12H12N4O3/c1-7(17)19-9-5-3-2-4-8(9)11(18)16-12-14-6-10(13)15-12/h2-6H,13H2,1H3,(H2,14,15,16,18). The summed E-state index contributed by atoms with van der Waals surface area (Å²) in [6.07, 6.45) is 1.38. The van der Waals surface area contributed by atoms with E-state index in [9.17, 15) is 9.59 Å². The van der Waals surface area contributed by atoms with Gasteiger partial charge in [0, 0.05) is 6.92 Å². The molecule has 0 saturated carbocycles. The maximum absolute atomic E-state index is 12.0. The first-order valence-electron chi connectivity index (χ1n) is 5.45. The molecule has 2 rings (SSSR count). The highest BCUT2D eigenvalue weighted by Crippen LogP contribution is 2.19. The van der Waals surface area contributed by atoms with Gasteiger partial charge in [-0.05, 0) is 12.1 Å². The van der Waals surface area contributed by atoms with Gasteiger partial charge in [0.1, 0.15) is 11.6 Å². The number of anilines is 2. The minimum atomic E-state index is -0.498. The number of ether oxygens (including phenoxy) is 1. The summed E-state index contributed by atoms with van der Waals surface area (Å²) in [4.78, 5) is 29.5. The lowest BCUT2D eigenvalue weighted by atomic mass is 10.2. The molecule has 0 spiro atoms. The lowest BCUT2D eigenvalue weighted by Crippen LogP contribution is -2.15. The van der Waals surface area contributed by atoms with Gasteiger partial charge in [0.05, 0.1) is 11.8 Å². The largest absolute Gasteiger partial charge is 0.426 e. The van der Waals surface area contributed by atoms with E-state index in [2.05, 4.69) is 15.3 Å². The van der Waals surface area contributed by atoms with E-state index in [0.717, 1.165) is 0 Å². The van der Waals surface area contributed by atoms with E-state index < -0.39 is 11.9 Å². The van der Waals surface area contributed by atoms with Gasteiger partial charge in [0.25, 0.3) is 5.91 Å². The van der Waals surface area contributed by atoms with Crippen molar-refractivity contribution in [2.24, 2.45) is 0 Å². The molecule has 0 aliphatic rings. The van der Waals surface area contributed by atoms with Crippen molar-refractivity contribution in [3.63, 3.8) is 0 Å². The highest BCUT2D eigenvalue weighted by Gasteiger charge is 2.14. The van der Waals surface area contributed by atoms with Crippen molar-refractivity contribution < 1.29 is 14.3 Å². The Kier molecular flexibility index (Phi) is 3.46. The molecule has 2 aromatic rings. The second-order valence-electron chi connectivity index (χ2n) is 3.73. The molecule has 0 atom stereocenters. The Morgan fingerprint density at radius 2 is 2.11 bits per heavy atom. The monoisotopic (exact) mass is 260 g/mol. The van der Waals surface area contributed by atoms with Gasteiger partial charge in [-0.3, -0.25) is 14.9 Å². The highest BCUT2D eigenvalue weighted by atomic mass is 16.5. The Bertz CT molecular complexity index is 621. The van der Waals surface area contributed by atoms with Crippen LogP contribution in [-0.2, 0) is 4.79 Å². The number of nitrogen functional groups attached to an aromatic ring is 1. The highest BCUT2D eigenvalue weighted by molar-refractivity contribution is 6.05. The van der Waals surface area contributed by atoms with Crippen LogP contribution in [0.1, 0.15) is 17.3 Å². The van der Waals surface area contributed by atoms with E-state index in [4.69, 9.17) is 10.5 Å². The zero-order chi connectivity index (χ0) is 13.8. The van der Waals surface area contributed by atoms with Gasteiger partial charge in [0.2, 0.25) is 5.95 Å². The van der Waals surface area contributed by atoms with Gasteiger partial charge >= 0.3 is 5.97 Å². The number of esters is 1. The van der Waals surface area contributed by atoms with Gasteiger partial charge in [-0.25, -0.2) is 4.98 Å². The van der Waals surface area contributed by atoms with Crippen LogP contribution in [-0.4, -0.2) is 21.8 Å². The van der Waals surface area contributed by atoms with Crippen LogP contribution >= 0.6 is 0 Å². The molecule has 0 bridgehead atoms. The molecule has 7 heteroatoms. The predicted octanol–water partition coefficient (Wildman–Crippen LogP) is 1.17. The molecular weight excluding hydrogens is 248 g/mol. The zero-order valence-electron chi connectivity index (χ0n) is 10.1. The zero-order valence-corrected chi connectivity index (χ0v) is 10.1. The number of imidazole rings is 1. The number of para-hydroxylation sites is 1. The number of nitrogens with two attached hydrogens (primary N) is 1. The second-order valence-corrected chi connectivity index (χ2v) is 3.73. The van der Waals surface area contributed by atoms with Gasteiger partial charge in [-0.2, -0.15) is 0 Å². The summed E-state index contributed by atoms with van der Waals surface area (Å²) < 4.78 is 4.95. The summed E-state index contributed by atoms with van der Waals surface area (Å²) in [6.45, 7) is 1.27. The van der Waals surface area contributed by atoms with Crippen LogP contribution in [0.3, 0.4) is 0 Å². The predicted molar refractivity (Wildman–Crippen MR) is 68.7 cm³/mol. The molecule has 0 aliphatic carbocycles. The van der Waals surface area contributed by atoms with Crippen molar-refractivity contribution in [2.45, 2.75) is 6.92 Å². The van der Waals surface area contributed by atoms with Gasteiger partial charge in [-0.15, -0.1) is 0 Å². The van der Waals surface area contributed by atoms with Crippen LogP contribution in [0, 0.1) is 0 Å². The summed E-state index contributed by atoms with van der Waals surface area (Å²) in [6, 6.07) is 6.41. The number of rotatable bonds is 3. The molecule has 1 aromatic heterocycles. The topological polar surface area (TPSA) is 110 Å². The number of amides is 1. The summed E-state index contributed by atoms with van der Waals surface area (Å²) in [5.74, 6) is -0.204. The van der Waals surface area contributed by atoms with Crippen LogP contribution in [0.5, 0.6) is 5.75 Å². The number of aromatic amines is 1. The van der Waals surface area contributed by atoms with Crippen molar-refractivity contribution >= 4 is 23.6 Å². The molecule has 1 amide bonds. The molecule has 0 unspecified atom stereocenters. The van der Waals surface area contributed by atoms with Crippen LogP contribution in [0.15, 0.2) is 30.5 Å². The number of carbonyl (C=O) groups excluding carboxylic acids is 2. The SMILES string of the molecule is CC(=O)Oc1ccccc1C(=O)Nc1ncc(N)[nH]1. The molecule has 0 fully saturated rings. The Hall–Kier alpha value is -2.83. The lowest BCUT2D eigenvalue weighted by Gasteiger charge is -2.07. The maximum Gasteiger partial charge on any atom is 0.308 e. The first kappa shape index (κ1) is 12.6. The summed E-state index contributed by atoms with van der Waals surface area (Å²) >= 11 is 0. The lowest BCUT2D eigenvalue weighted by molar-refractivity contribution is -0.131. The van der Waals surface area contributed by atoms with Gasteiger partial charge in [-0.1, -0.05) is 12.1 Å². The molecule has 7 nitrogen and oxygen atoms in total. The Labute approximate surface area is 108 Å². The van der Waals surface area contributed by atoms with Crippen LogP contribution < -0.4 is 15.8 Å². The second kappa shape index (κ2) is 5.21. The van der Waals surface area contributed by atoms with E-state index in [0.29, 0.717) is 5.82 Å². The smallest absolute Gasteiger partial charge is 0.308 e. The summed E-state index contributed by atoms with van der Waals surface area (Å²) in [5, 5.41) is 2.52. The molecular formula is C12H12N4O3. The fourth-order valence-electron chi connectivity index (χ4n) is 1.47. The maximum atomic E-state index is 12.0. The average molecular weight is 260 g/mol. The van der Waals surface area contributed by atoms with Crippen molar-refractivity contribution in [1.29, 1.82) is 0 Å². The molecule has 98 valence electrons. The number of H-pyrrole nitrogens is 1. The van der Waals surface area contributed by atoms with Crippen molar-refractivity contribution in [3.05, 3.63) is 36.0 Å². The molecule has 0 radical (unpaired) electrons. The van der Waals surface area contributed by atoms with Crippen molar-refractivity contribution in [3.8, 4) is 5.75 Å². The molecule has 4 N–H and O–H groups in total. The molecule has 1 aromatic carbocycles. The minimum Gasteiger partial charge on any atom is -0.426 e. The Balaban J connectivity index is 2.21. The third-order valence-corrected chi connectivity index (χ3v) is 2.21. The number of nitrogens with zero attached hydrogens (tertiary/aromatic N) is 1. The van der Waals surface area contributed by atoms with E-state index in [1.165, 1.54) is 19.2 Å². The molecule has 0 saturated heterocycles. The van der Waals surface area contributed by atoms with Crippen LogP contribution in [0.4, 0.5) is 11.8 Å². The number of carbonyl (C=O) groups is 2. The van der Waals surface area contributed by atoms with Gasteiger partial charge in [0.15, 0.2) is 0 Å². The van der Waals surface area contributed by atoms with Crippen molar-refractivity contribution in [1.82, 2.24) is 9.97 Å². The fraction of sp³-hybridized carbons (Fsp3) is 0.0833. The minimum absolute atomic E-state index is 0.187. The molecule has 0 aliphatic heterocycles. The van der Waals surface area contributed by atoms with Gasteiger partial charge < -0.3 is 15.5 Å². The van der Waals surface area contributed by atoms with E-state index in [1.54, 1.807) is 18.2 Å². The summed E-state index contributed by atoms with van der Waals surface area (Å²) in [7, 11) is 0. The number of benzene rings is 1. The van der Waals surface area contributed by atoms with Crippen molar-refractivity contribution in [2.75, 3.05) is 11.1 Å². The normalized spacial score (nSPS) is 9.95. The first-order chi connectivity index (χ1) is 9.06. The fourth-order valence-corrected chi connectivity index (χ4v) is 1.47. The van der Waals surface area contributed by atoms with Crippen LogP contribution in [0.25, 0.3) is 0 Å². The van der Waals surface area contributed by atoms with E-state index in [-0.39, 0.29) is 17.3 Å². The van der Waals surface area contributed by atoms with E-state index in [1.807, 2.05) is 0 Å². The summed E-state index contributed by atoms with van der Waals surface area (Å²) in [5.41, 5.74) is 5.68. The first-order valence-corrected chi connectivity index (χ1v) is 5.45. The third kappa shape index (κ3) is 3.09. The van der Waals surface area contributed by atoms with Crippen LogP contribution in [0.2, 0.25) is 0 Å². The number of hydrogen-bond donors (Lipinski definition) is 3. The average Bonchev–Trinajstić information content (AvgIpc) is 2.74. The third-order valence-electron chi connectivity index (χ3n) is 2.21. The quantitative estimate of drug-likeness (QED) is 0.566.